The highest BCUT2D eigenvalue weighted by Crippen LogP contribution is 2.12. The number of rotatable bonds is 4. The summed E-state index contributed by atoms with van der Waals surface area (Å²) in [5.41, 5.74) is 0.751. The molecule has 0 atom stereocenters. The number of benzene rings is 2. The molecule has 0 aliphatic carbocycles. The normalized spacial score (nSPS) is 11.0. The summed E-state index contributed by atoms with van der Waals surface area (Å²) in [7, 11) is -3.74. The van der Waals surface area contributed by atoms with Gasteiger partial charge in [0, 0.05) is 6.54 Å². The summed E-state index contributed by atoms with van der Waals surface area (Å²) in [5.74, 6) is -0.532. The maximum Gasteiger partial charge on any atom is 0.319 e. The highest BCUT2D eigenvalue weighted by Gasteiger charge is 2.08. The van der Waals surface area contributed by atoms with Crippen molar-refractivity contribution in [2.24, 2.45) is 5.14 Å². The van der Waals surface area contributed by atoms with Crippen LogP contribution in [0.1, 0.15) is 5.56 Å². The predicted octanol–water partition coefficient (Wildman–Crippen LogP) is 1.79. The van der Waals surface area contributed by atoms with Crippen molar-refractivity contribution in [2.75, 3.05) is 5.32 Å². The first-order valence-corrected chi connectivity index (χ1v) is 7.82. The first-order chi connectivity index (χ1) is 10.4. The van der Waals surface area contributed by atoms with Crippen molar-refractivity contribution < 1.29 is 17.6 Å². The van der Waals surface area contributed by atoms with Crippen LogP contribution in [0.25, 0.3) is 0 Å². The lowest BCUT2D eigenvalue weighted by molar-refractivity contribution is 0.251. The molecule has 0 unspecified atom stereocenters. The van der Waals surface area contributed by atoms with Gasteiger partial charge in [-0.2, -0.15) is 0 Å². The number of halogens is 1. The molecule has 2 aromatic rings. The molecule has 0 radical (unpaired) electrons. The van der Waals surface area contributed by atoms with Gasteiger partial charge >= 0.3 is 6.03 Å². The van der Waals surface area contributed by atoms with Crippen molar-refractivity contribution in [2.45, 2.75) is 11.4 Å². The summed E-state index contributed by atoms with van der Waals surface area (Å²) in [6, 6.07) is 11.0. The third-order valence-electron chi connectivity index (χ3n) is 2.83. The number of carbonyl (C=O) groups is 1. The third-order valence-corrected chi connectivity index (χ3v) is 3.76. The lowest BCUT2D eigenvalue weighted by Gasteiger charge is -2.08. The van der Waals surface area contributed by atoms with E-state index in [2.05, 4.69) is 10.6 Å². The first kappa shape index (κ1) is 15.9. The zero-order valence-corrected chi connectivity index (χ0v) is 12.2. The third kappa shape index (κ3) is 4.27. The van der Waals surface area contributed by atoms with Gasteiger partial charge in [-0.15, -0.1) is 0 Å². The van der Waals surface area contributed by atoms with E-state index in [0.717, 1.165) is 0 Å². The fourth-order valence-electron chi connectivity index (χ4n) is 1.71. The van der Waals surface area contributed by atoms with Gasteiger partial charge in [-0.3, -0.25) is 0 Å². The van der Waals surface area contributed by atoms with Gasteiger partial charge in [0.25, 0.3) is 0 Å². The van der Waals surface area contributed by atoms with E-state index in [1.807, 2.05) is 0 Å². The Labute approximate surface area is 127 Å². The summed E-state index contributed by atoms with van der Waals surface area (Å²) in [4.78, 5) is 11.7. The Balaban J connectivity index is 1.93. The lowest BCUT2D eigenvalue weighted by atomic mass is 10.2. The molecule has 0 fully saturated rings. The topological polar surface area (TPSA) is 101 Å². The Morgan fingerprint density at radius 1 is 1.09 bits per heavy atom. The number of nitrogens with two attached hydrogens (primary N) is 1. The van der Waals surface area contributed by atoms with E-state index in [4.69, 9.17) is 5.14 Å². The Morgan fingerprint density at radius 2 is 1.73 bits per heavy atom. The number of hydrogen-bond donors (Lipinski definition) is 3. The molecule has 2 rings (SSSR count). The van der Waals surface area contributed by atoms with E-state index in [9.17, 15) is 17.6 Å². The molecular formula is C14H14FN3O3S. The van der Waals surface area contributed by atoms with Crippen molar-refractivity contribution in [1.29, 1.82) is 0 Å². The maximum absolute atomic E-state index is 13.4. The number of hydrogen-bond acceptors (Lipinski definition) is 3. The van der Waals surface area contributed by atoms with Crippen LogP contribution in [0.15, 0.2) is 53.4 Å². The van der Waals surface area contributed by atoms with E-state index in [0.29, 0.717) is 5.56 Å². The highest BCUT2D eigenvalue weighted by atomic mass is 32.2. The average Bonchev–Trinajstić information content (AvgIpc) is 2.47. The summed E-state index contributed by atoms with van der Waals surface area (Å²) >= 11 is 0. The highest BCUT2D eigenvalue weighted by molar-refractivity contribution is 7.89. The van der Waals surface area contributed by atoms with Gasteiger partial charge in [0.15, 0.2) is 0 Å². The van der Waals surface area contributed by atoms with E-state index in [1.54, 1.807) is 6.07 Å². The number of anilines is 1. The minimum absolute atomic E-state index is 0.00735. The van der Waals surface area contributed by atoms with Gasteiger partial charge in [0.05, 0.1) is 10.6 Å². The maximum atomic E-state index is 13.4. The zero-order chi connectivity index (χ0) is 16.2. The molecule has 0 heterocycles. The van der Waals surface area contributed by atoms with Crippen molar-refractivity contribution in [3.63, 3.8) is 0 Å². The Bertz CT molecular complexity index is 776. The number of para-hydroxylation sites is 1. The molecule has 22 heavy (non-hydrogen) atoms. The van der Waals surface area contributed by atoms with Gasteiger partial charge in [0.2, 0.25) is 10.0 Å². The monoisotopic (exact) mass is 323 g/mol. The van der Waals surface area contributed by atoms with Crippen LogP contribution in [0.2, 0.25) is 0 Å². The first-order valence-electron chi connectivity index (χ1n) is 6.27. The SMILES string of the molecule is NS(=O)(=O)c1ccc(CNC(=O)Nc2ccccc2F)cc1. The summed E-state index contributed by atoms with van der Waals surface area (Å²) < 4.78 is 35.6. The van der Waals surface area contributed by atoms with Crippen LogP contribution >= 0.6 is 0 Å². The minimum atomic E-state index is -3.74. The van der Waals surface area contributed by atoms with Crippen molar-refractivity contribution >= 4 is 21.7 Å². The molecular weight excluding hydrogens is 309 g/mol. The standard InChI is InChI=1S/C14H14FN3O3S/c15-12-3-1-2-4-13(12)18-14(19)17-9-10-5-7-11(8-6-10)22(16,20)21/h1-8H,9H2,(H2,16,20,21)(H2,17,18,19). The molecule has 8 heteroatoms. The lowest BCUT2D eigenvalue weighted by Crippen LogP contribution is -2.28. The molecule has 4 N–H and O–H groups in total. The van der Waals surface area contributed by atoms with E-state index < -0.39 is 21.9 Å². The second-order valence-corrected chi connectivity index (χ2v) is 6.04. The molecule has 6 nitrogen and oxygen atoms in total. The number of sulfonamides is 1. The fraction of sp³-hybridized carbons (Fsp3) is 0.0714. The minimum Gasteiger partial charge on any atom is -0.334 e. The van der Waals surface area contributed by atoms with E-state index in [-0.39, 0.29) is 17.1 Å². The van der Waals surface area contributed by atoms with Crippen LogP contribution in [0.5, 0.6) is 0 Å². The number of primary sulfonamides is 1. The molecule has 2 amide bonds. The van der Waals surface area contributed by atoms with Crippen LogP contribution in [0.4, 0.5) is 14.9 Å². The predicted molar refractivity (Wildman–Crippen MR) is 80.1 cm³/mol. The second-order valence-electron chi connectivity index (χ2n) is 4.48. The van der Waals surface area contributed by atoms with Gasteiger partial charge in [-0.1, -0.05) is 24.3 Å². The average molecular weight is 323 g/mol. The Morgan fingerprint density at radius 3 is 2.32 bits per heavy atom. The quantitative estimate of drug-likeness (QED) is 0.799. The molecule has 2 aromatic carbocycles. The second kappa shape index (κ2) is 6.54. The van der Waals surface area contributed by atoms with Gasteiger partial charge in [-0.05, 0) is 29.8 Å². The molecule has 0 aromatic heterocycles. The summed E-state index contributed by atoms with van der Waals surface area (Å²) in [5, 5.41) is 9.90. The van der Waals surface area contributed by atoms with Crippen molar-refractivity contribution in [3.8, 4) is 0 Å². The number of amides is 2. The van der Waals surface area contributed by atoms with Crippen LogP contribution in [0, 0.1) is 5.82 Å². The Hall–Kier alpha value is -2.45. The molecule has 0 spiro atoms. The fourth-order valence-corrected chi connectivity index (χ4v) is 2.22. The molecule has 0 aliphatic rings. The van der Waals surface area contributed by atoms with Crippen LogP contribution in [-0.4, -0.2) is 14.4 Å². The molecule has 0 saturated carbocycles. The van der Waals surface area contributed by atoms with Gasteiger partial charge in [0.1, 0.15) is 5.82 Å². The molecule has 0 saturated heterocycles. The summed E-state index contributed by atoms with van der Waals surface area (Å²) in [6.45, 7) is 0.158. The zero-order valence-electron chi connectivity index (χ0n) is 11.4. The van der Waals surface area contributed by atoms with Crippen LogP contribution in [-0.2, 0) is 16.6 Å². The van der Waals surface area contributed by atoms with E-state index in [1.165, 1.54) is 42.5 Å². The van der Waals surface area contributed by atoms with Gasteiger partial charge in [-0.25, -0.2) is 22.7 Å². The van der Waals surface area contributed by atoms with E-state index >= 15 is 0 Å². The molecule has 0 aliphatic heterocycles. The number of nitrogens with one attached hydrogen (secondary N) is 2. The van der Waals surface area contributed by atoms with Gasteiger partial charge < -0.3 is 10.6 Å². The smallest absolute Gasteiger partial charge is 0.319 e. The van der Waals surface area contributed by atoms with Crippen molar-refractivity contribution in [3.05, 3.63) is 59.9 Å². The van der Waals surface area contributed by atoms with Crippen LogP contribution < -0.4 is 15.8 Å². The molecule has 116 valence electrons. The number of carbonyl (C=O) groups excluding carboxylic acids is 1. The largest absolute Gasteiger partial charge is 0.334 e. The summed E-state index contributed by atoms with van der Waals surface area (Å²) in [6.07, 6.45) is 0. The number of urea groups is 1. The van der Waals surface area contributed by atoms with Crippen molar-refractivity contribution in [1.82, 2.24) is 5.32 Å². The Kier molecular flexibility index (Phi) is 4.74. The molecule has 0 bridgehead atoms. The van der Waals surface area contributed by atoms with Crippen LogP contribution in [0.3, 0.4) is 0 Å².